The first-order chi connectivity index (χ1) is 7.58. The van der Waals surface area contributed by atoms with E-state index in [2.05, 4.69) is 4.98 Å². The number of carbonyl (C=O) groups excluding carboxylic acids is 1. The fourth-order valence-electron chi connectivity index (χ4n) is 1.60. The van der Waals surface area contributed by atoms with Crippen LogP contribution in [0, 0.1) is 10.1 Å². The number of aromatic nitrogens is 1. The van der Waals surface area contributed by atoms with Gasteiger partial charge in [-0.2, -0.15) is 0 Å². The summed E-state index contributed by atoms with van der Waals surface area (Å²) < 4.78 is 0. The van der Waals surface area contributed by atoms with Crippen molar-refractivity contribution in [1.29, 1.82) is 0 Å². The zero-order valence-electron chi connectivity index (χ0n) is 8.37. The van der Waals surface area contributed by atoms with Crippen LogP contribution in [0.1, 0.15) is 6.42 Å². The van der Waals surface area contributed by atoms with Gasteiger partial charge in [-0.25, -0.2) is 4.98 Å². The van der Waals surface area contributed by atoms with Crippen LogP contribution in [0.2, 0.25) is 0 Å². The number of hydrogen-bond acceptors (Lipinski definition) is 5. The zero-order valence-corrected chi connectivity index (χ0v) is 8.37. The van der Waals surface area contributed by atoms with Gasteiger partial charge in [0.2, 0.25) is 5.91 Å². The fraction of sp³-hybridized carbons (Fsp3) is 0.333. The molecule has 0 radical (unpaired) electrons. The largest absolute Gasteiger partial charge is 0.326 e. The van der Waals surface area contributed by atoms with Crippen molar-refractivity contribution < 1.29 is 9.72 Å². The molecule has 2 heterocycles. The van der Waals surface area contributed by atoms with Gasteiger partial charge in [-0.3, -0.25) is 19.8 Å². The van der Waals surface area contributed by atoms with Crippen molar-refractivity contribution in [3.8, 4) is 0 Å². The molecule has 1 amide bonds. The highest BCUT2D eigenvalue weighted by Gasteiger charge is 2.28. The second-order valence-corrected chi connectivity index (χ2v) is 3.60. The van der Waals surface area contributed by atoms with Crippen molar-refractivity contribution in [3.05, 3.63) is 28.4 Å². The van der Waals surface area contributed by atoms with Crippen LogP contribution in [-0.4, -0.2) is 28.4 Å². The maximum absolute atomic E-state index is 11.5. The second-order valence-electron chi connectivity index (χ2n) is 3.60. The van der Waals surface area contributed by atoms with Gasteiger partial charge in [0.15, 0.2) is 0 Å². The van der Waals surface area contributed by atoms with E-state index in [0.29, 0.717) is 18.8 Å². The van der Waals surface area contributed by atoms with E-state index in [4.69, 9.17) is 5.73 Å². The first-order valence-electron chi connectivity index (χ1n) is 4.74. The molecule has 0 bridgehead atoms. The summed E-state index contributed by atoms with van der Waals surface area (Å²) in [4.78, 5) is 26.7. The Morgan fingerprint density at radius 1 is 1.56 bits per heavy atom. The van der Waals surface area contributed by atoms with Gasteiger partial charge in [0, 0.05) is 25.1 Å². The average Bonchev–Trinajstić information content (AvgIpc) is 2.58. The number of amides is 1. The zero-order chi connectivity index (χ0) is 11.7. The molecule has 2 rings (SSSR count). The van der Waals surface area contributed by atoms with E-state index in [9.17, 15) is 14.9 Å². The molecule has 16 heavy (non-hydrogen) atoms. The van der Waals surface area contributed by atoms with Crippen molar-refractivity contribution >= 4 is 17.4 Å². The summed E-state index contributed by atoms with van der Waals surface area (Å²) in [7, 11) is 0. The Morgan fingerprint density at radius 2 is 2.31 bits per heavy atom. The topological polar surface area (TPSA) is 102 Å². The molecule has 7 heteroatoms. The Bertz CT molecular complexity index is 431. The van der Waals surface area contributed by atoms with Crippen molar-refractivity contribution in [1.82, 2.24) is 4.98 Å². The van der Waals surface area contributed by atoms with E-state index in [1.807, 2.05) is 0 Å². The Balaban J connectivity index is 2.22. The van der Waals surface area contributed by atoms with Crippen molar-refractivity contribution in [3.63, 3.8) is 0 Å². The van der Waals surface area contributed by atoms with Crippen LogP contribution in [0.25, 0.3) is 0 Å². The Labute approximate surface area is 91.0 Å². The Morgan fingerprint density at radius 3 is 2.75 bits per heavy atom. The summed E-state index contributed by atoms with van der Waals surface area (Å²) in [5.74, 6) is 0.303. The second kappa shape index (κ2) is 3.86. The number of anilines is 1. The number of hydrogen-bond donors (Lipinski definition) is 1. The molecule has 0 spiro atoms. The third kappa shape index (κ3) is 1.84. The van der Waals surface area contributed by atoms with Gasteiger partial charge >= 0.3 is 0 Å². The molecule has 1 fully saturated rings. The van der Waals surface area contributed by atoms with Crippen molar-refractivity contribution in [2.75, 3.05) is 11.4 Å². The lowest BCUT2D eigenvalue weighted by atomic mass is 10.3. The highest BCUT2D eigenvalue weighted by atomic mass is 16.6. The molecule has 0 saturated carbocycles. The number of nitrogens with zero attached hydrogens (tertiary/aromatic N) is 3. The van der Waals surface area contributed by atoms with E-state index >= 15 is 0 Å². The third-order valence-corrected chi connectivity index (χ3v) is 2.37. The summed E-state index contributed by atoms with van der Waals surface area (Å²) in [6, 6.07) is 2.58. The summed E-state index contributed by atoms with van der Waals surface area (Å²) in [6.07, 6.45) is 1.42. The molecule has 0 aromatic carbocycles. The van der Waals surface area contributed by atoms with E-state index in [1.165, 1.54) is 17.0 Å². The molecule has 1 unspecified atom stereocenters. The molecule has 1 aliphatic heterocycles. The van der Waals surface area contributed by atoms with E-state index in [0.717, 1.165) is 6.20 Å². The monoisotopic (exact) mass is 222 g/mol. The minimum atomic E-state index is -0.533. The number of rotatable bonds is 2. The van der Waals surface area contributed by atoms with Gasteiger partial charge in [-0.05, 0) is 6.07 Å². The first kappa shape index (κ1) is 10.5. The predicted molar refractivity (Wildman–Crippen MR) is 55.8 cm³/mol. The minimum Gasteiger partial charge on any atom is -0.326 e. The van der Waals surface area contributed by atoms with Crippen LogP contribution < -0.4 is 10.6 Å². The molecule has 1 atom stereocenters. The fourth-order valence-corrected chi connectivity index (χ4v) is 1.60. The molecule has 1 saturated heterocycles. The molecule has 1 aliphatic rings. The lowest BCUT2D eigenvalue weighted by Crippen LogP contribution is -2.28. The Hall–Kier alpha value is -2.02. The molecular formula is C9H10N4O3. The SMILES string of the molecule is NC1CC(=O)N(c2ccc([N+](=O)[O-])cn2)C1. The van der Waals surface area contributed by atoms with E-state index in [-0.39, 0.29) is 17.6 Å². The maximum Gasteiger partial charge on any atom is 0.287 e. The van der Waals surface area contributed by atoms with Crippen LogP contribution in [0.15, 0.2) is 18.3 Å². The van der Waals surface area contributed by atoms with Crippen LogP contribution in [-0.2, 0) is 4.79 Å². The van der Waals surface area contributed by atoms with Crippen LogP contribution in [0.3, 0.4) is 0 Å². The molecule has 7 nitrogen and oxygen atoms in total. The summed E-state index contributed by atoms with van der Waals surface area (Å²) in [5.41, 5.74) is 5.53. The summed E-state index contributed by atoms with van der Waals surface area (Å²) in [6.45, 7) is 0.406. The van der Waals surface area contributed by atoms with Gasteiger partial charge in [0.25, 0.3) is 5.69 Å². The van der Waals surface area contributed by atoms with Crippen LogP contribution >= 0.6 is 0 Å². The smallest absolute Gasteiger partial charge is 0.287 e. The molecule has 0 aliphatic carbocycles. The normalized spacial score (nSPS) is 20.2. The number of nitro groups is 1. The Kier molecular flexibility index (Phi) is 2.53. The quantitative estimate of drug-likeness (QED) is 0.562. The van der Waals surface area contributed by atoms with E-state index < -0.39 is 4.92 Å². The van der Waals surface area contributed by atoms with Gasteiger partial charge in [-0.15, -0.1) is 0 Å². The average molecular weight is 222 g/mol. The summed E-state index contributed by atoms with van der Waals surface area (Å²) in [5, 5.41) is 10.4. The van der Waals surface area contributed by atoms with Crippen molar-refractivity contribution in [2.24, 2.45) is 5.73 Å². The third-order valence-electron chi connectivity index (χ3n) is 2.37. The standard InChI is InChI=1S/C9H10N4O3/c10-6-3-9(14)12(5-6)8-2-1-7(4-11-8)13(15)16/h1-2,4,6H,3,5,10H2. The first-order valence-corrected chi connectivity index (χ1v) is 4.74. The van der Waals surface area contributed by atoms with Gasteiger partial charge in [0.1, 0.15) is 12.0 Å². The highest BCUT2D eigenvalue weighted by Crippen LogP contribution is 2.20. The lowest BCUT2D eigenvalue weighted by Gasteiger charge is -2.13. The predicted octanol–water partition coefficient (Wildman–Crippen LogP) is 0.0538. The van der Waals surface area contributed by atoms with Gasteiger partial charge in [0.05, 0.1) is 4.92 Å². The van der Waals surface area contributed by atoms with Crippen molar-refractivity contribution in [2.45, 2.75) is 12.5 Å². The lowest BCUT2D eigenvalue weighted by molar-refractivity contribution is -0.385. The highest BCUT2D eigenvalue weighted by molar-refractivity contribution is 5.95. The number of pyridine rings is 1. The molecule has 1 aromatic rings. The van der Waals surface area contributed by atoms with E-state index in [1.54, 1.807) is 0 Å². The molecule has 84 valence electrons. The maximum atomic E-state index is 11.5. The number of nitrogens with two attached hydrogens (primary N) is 1. The van der Waals surface area contributed by atoms with Crippen LogP contribution in [0.4, 0.5) is 11.5 Å². The van der Waals surface area contributed by atoms with Crippen LogP contribution in [0.5, 0.6) is 0 Å². The summed E-state index contributed by atoms with van der Waals surface area (Å²) >= 11 is 0. The van der Waals surface area contributed by atoms with Gasteiger partial charge in [-0.1, -0.05) is 0 Å². The molecule has 2 N–H and O–H groups in total. The molecular weight excluding hydrogens is 212 g/mol. The van der Waals surface area contributed by atoms with Gasteiger partial charge < -0.3 is 5.73 Å². The molecule has 1 aromatic heterocycles. The number of carbonyl (C=O) groups is 1. The minimum absolute atomic E-state index is 0.0975.